The van der Waals surface area contributed by atoms with E-state index in [9.17, 15) is 5.11 Å². The summed E-state index contributed by atoms with van der Waals surface area (Å²) < 4.78 is 5.68. The van der Waals surface area contributed by atoms with Gasteiger partial charge in [0.2, 0.25) is 0 Å². The van der Waals surface area contributed by atoms with Crippen LogP contribution in [0.15, 0.2) is 18.5 Å². The molecule has 1 aliphatic rings. The fourth-order valence-electron chi connectivity index (χ4n) is 3.15. The summed E-state index contributed by atoms with van der Waals surface area (Å²) >= 11 is 0. The lowest BCUT2D eigenvalue weighted by atomic mass is 9.74. The van der Waals surface area contributed by atoms with Gasteiger partial charge in [0.05, 0.1) is 17.9 Å². The third kappa shape index (κ3) is 3.72. The molecule has 0 aliphatic heterocycles. The topological polar surface area (TPSA) is 42.4 Å². The van der Waals surface area contributed by atoms with Crippen LogP contribution in [0.1, 0.15) is 64.9 Å². The molecule has 112 valence electrons. The average molecular weight is 277 g/mol. The summed E-state index contributed by atoms with van der Waals surface area (Å²) in [6.45, 7) is 6.23. The fraction of sp³-hybridized carbons (Fsp3) is 0.706. The van der Waals surface area contributed by atoms with Gasteiger partial charge in [-0.05, 0) is 51.5 Å². The molecule has 0 amide bonds. The second kappa shape index (κ2) is 6.57. The first-order chi connectivity index (χ1) is 9.53. The van der Waals surface area contributed by atoms with E-state index < -0.39 is 5.60 Å². The predicted octanol–water partition coefficient (Wildman–Crippen LogP) is 4.05. The molecule has 1 fully saturated rings. The van der Waals surface area contributed by atoms with Gasteiger partial charge in [0.1, 0.15) is 5.75 Å². The van der Waals surface area contributed by atoms with Crippen LogP contribution in [0, 0.1) is 5.92 Å². The molecule has 0 spiro atoms. The van der Waals surface area contributed by atoms with E-state index in [1.54, 1.807) is 12.4 Å². The van der Waals surface area contributed by atoms with Gasteiger partial charge in [0.25, 0.3) is 0 Å². The molecular formula is C17H27NO2. The van der Waals surface area contributed by atoms with Crippen molar-refractivity contribution in [3.63, 3.8) is 0 Å². The molecule has 0 aromatic carbocycles. The number of hydrogen-bond acceptors (Lipinski definition) is 3. The number of pyridine rings is 1. The molecule has 0 unspecified atom stereocenters. The monoisotopic (exact) mass is 277 g/mol. The molecule has 1 aliphatic carbocycles. The van der Waals surface area contributed by atoms with Gasteiger partial charge in [-0.3, -0.25) is 4.98 Å². The van der Waals surface area contributed by atoms with Crippen molar-refractivity contribution in [1.29, 1.82) is 0 Å². The number of aromatic nitrogens is 1. The molecular weight excluding hydrogens is 250 g/mol. The summed E-state index contributed by atoms with van der Waals surface area (Å²) in [6, 6.07) is 1.95. The van der Waals surface area contributed by atoms with Crippen LogP contribution in [0.3, 0.4) is 0 Å². The van der Waals surface area contributed by atoms with Gasteiger partial charge in [-0.15, -0.1) is 0 Å². The minimum Gasteiger partial charge on any atom is -0.489 e. The van der Waals surface area contributed by atoms with Crippen LogP contribution in [-0.4, -0.2) is 16.2 Å². The predicted molar refractivity (Wildman–Crippen MR) is 80.8 cm³/mol. The number of nitrogens with zero attached hydrogens (tertiary/aromatic N) is 1. The van der Waals surface area contributed by atoms with E-state index in [1.165, 1.54) is 12.8 Å². The first-order valence-electron chi connectivity index (χ1n) is 7.88. The van der Waals surface area contributed by atoms with E-state index >= 15 is 0 Å². The van der Waals surface area contributed by atoms with Crippen molar-refractivity contribution >= 4 is 0 Å². The van der Waals surface area contributed by atoms with Crippen molar-refractivity contribution in [2.45, 2.75) is 71.0 Å². The molecule has 3 heteroatoms. The molecule has 0 radical (unpaired) electrons. The molecule has 1 N–H and O–H groups in total. The molecule has 20 heavy (non-hydrogen) atoms. The second-order valence-corrected chi connectivity index (χ2v) is 6.34. The minimum atomic E-state index is -0.715. The quantitative estimate of drug-likeness (QED) is 0.883. The van der Waals surface area contributed by atoms with Crippen LogP contribution in [0.5, 0.6) is 5.75 Å². The van der Waals surface area contributed by atoms with Crippen LogP contribution in [0.25, 0.3) is 0 Å². The molecule has 0 bridgehead atoms. The van der Waals surface area contributed by atoms with Crippen molar-refractivity contribution in [3.8, 4) is 5.75 Å². The Bertz CT molecular complexity index is 423. The molecule has 1 saturated carbocycles. The standard InChI is InChI=1S/C17H27NO2/c1-4-5-14-6-8-17(19,9-7-14)15-10-16(12-18-11-15)20-13(2)3/h10-14,19H,4-9H2,1-3H3. The van der Waals surface area contributed by atoms with Gasteiger partial charge < -0.3 is 9.84 Å². The van der Waals surface area contributed by atoms with Crippen molar-refractivity contribution < 1.29 is 9.84 Å². The Morgan fingerprint density at radius 1 is 1.35 bits per heavy atom. The molecule has 1 aromatic heterocycles. The lowest BCUT2D eigenvalue weighted by Gasteiger charge is -2.36. The van der Waals surface area contributed by atoms with Gasteiger partial charge in [-0.2, -0.15) is 0 Å². The highest BCUT2D eigenvalue weighted by Gasteiger charge is 2.35. The van der Waals surface area contributed by atoms with Crippen LogP contribution >= 0.6 is 0 Å². The summed E-state index contributed by atoms with van der Waals surface area (Å²) in [5, 5.41) is 10.9. The van der Waals surface area contributed by atoms with Crippen LogP contribution in [-0.2, 0) is 5.60 Å². The van der Waals surface area contributed by atoms with Crippen molar-refractivity contribution in [3.05, 3.63) is 24.0 Å². The average Bonchev–Trinajstić information content (AvgIpc) is 2.41. The second-order valence-electron chi connectivity index (χ2n) is 6.34. The van der Waals surface area contributed by atoms with Crippen LogP contribution in [0.4, 0.5) is 0 Å². The van der Waals surface area contributed by atoms with E-state index in [0.29, 0.717) is 0 Å². The van der Waals surface area contributed by atoms with Crippen molar-refractivity contribution in [2.24, 2.45) is 5.92 Å². The van der Waals surface area contributed by atoms with Gasteiger partial charge in [-0.1, -0.05) is 19.8 Å². The van der Waals surface area contributed by atoms with E-state index in [-0.39, 0.29) is 6.10 Å². The van der Waals surface area contributed by atoms with Gasteiger partial charge in [-0.25, -0.2) is 0 Å². The summed E-state index contributed by atoms with van der Waals surface area (Å²) in [4.78, 5) is 4.23. The van der Waals surface area contributed by atoms with E-state index in [4.69, 9.17) is 4.74 Å². The zero-order chi connectivity index (χ0) is 14.6. The highest BCUT2D eigenvalue weighted by atomic mass is 16.5. The SMILES string of the molecule is CCCC1CCC(O)(c2cncc(OC(C)C)c2)CC1. The van der Waals surface area contributed by atoms with E-state index in [0.717, 1.165) is 42.9 Å². The summed E-state index contributed by atoms with van der Waals surface area (Å²) in [5.74, 6) is 1.53. The largest absolute Gasteiger partial charge is 0.489 e. The van der Waals surface area contributed by atoms with E-state index in [1.807, 2.05) is 19.9 Å². The molecule has 1 heterocycles. The maximum absolute atomic E-state index is 10.9. The third-order valence-electron chi connectivity index (χ3n) is 4.25. The number of ether oxygens (including phenoxy) is 1. The molecule has 3 nitrogen and oxygen atoms in total. The lowest BCUT2D eigenvalue weighted by Crippen LogP contribution is -2.31. The highest BCUT2D eigenvalue weighted by Crippen LogP contribution is 2.41. The summed E-state index contributed by atoms with van der Waals surface area (Å²) in [7, 11) is 0. The first kappa shape index (κ1) is 15.3. The zero-order valence-corrected chi connectivity index (χ0v) is 12.9. The van der Waals surface area contributed by atoms with Gasteiger partial charge >= 0.3 is 0 Å². The Morgan fingerprint density at radius 3 is 2.65 bits per heavy atom. The zero-order valence-electron chi connectivity index (χ0n) is 12.9. The normalized spacial score (nSPS) is 26.8. The number of rotatable bonds is 5. The van der Waals surface area contributed by atoms with Gasteiger partial charge in [0, 0.05) is 11.8 Å². The smallest absolute Gasteiger partial charge is 0.138 e. The number of hydrogen-bond donors (Lipinski definition) is 1. The molecule has 0 saturated heterocycles. The molecule has 0 atom stereocenters. The Morgan fingerprint density at radius 2 is 2.05 bits per heavy atom. The maximum Gasteiger partial charge on any atom is 0.138 e. The van der Waals surface area contributed by atoms with Crippen LogP contribution in [0.2, 0.25) is 0 Å². The lowest BCUT2D eigenvalue weighted by molar-refractivity contribution is -0.0157. The Hall–Kier alpha value is -1.09. The summed E-state index contributed by atoms with van der Waals surface area (Å²) in [5.41, 5.74) is 0.193. The van der Waals surface area contributed by atoms with Crippen molar-refractivity contribution in [2.75, 3.05) is 0 Å². The van der Waals surface area contributed by atoms with Gasteiger partial charge in [0.15, 0.2) is 0 Å². The highest BCUT2D eigenvalue weighted by molar-refractivity contribution is 5.28. The fourth-order valence-corrected chi connectivity index (χ4v) is 3.15. The Kier molecular flexibility index (Phi) is 5.03. The summed E-state index contributed by atoms with van der Waals surface area (Å²) in [6.07, 6.45) is 10.0. The maximum atomic E-state index is 10.9. The third-order valence-corrected chi connectivity index (χ3v) is 4.25. The molecule has 2 rings (SSSR count). The Labute approximate surface area is 122 Å². The Balaban J connectivity index is 2.07. The van der Waals surface area contributed by atoms with Crippen molar-refractivity contribution in [1.82, 2.24) is 4.98 Å². The first-order valence-corrected chi connectivity index (χ1v) is 7.88. The van der Waals surface area contributed by atoms with E-state index in [2.05, 4.69) is 11.9 Å². The molecule has 1 aromatic rings. The minimum absolute atomic E-state index is 0.127. The number of aliphatic hydroxyl groups is 1. The van der Waals surface area contributed by atoms with Crippen LogP contribution < -0.4 is 4.74 Å².